The Morgan fingerprint density at radius 2 is 2.02 bits per heavy atom. The minimum atomic E-state index is -4.27. The van der Waals surface area contributed by atoms with Gasteiger partial charge in [-0.1, -0.05) is 6.07 Å². The number of hydrogen-bond donors (Lipinski definition) is 4. The van der Waals surface area contributed by atoms with Crippen LogP contribution in [0.2, 0.25) is 0 Å². The average molecular weight is 557 g/mol. The normalized spacial score (nSPS) is 17.6. The molecule has 212 valence electrons. The van der Waals surface area contributed by atoms with Gasteiger partial charge in [0.2, 0.25) is 5.95 Å². The highest BCUT2D eigenvalue weighted by Crippen LogP contribution is 2.46. The molecule has 2 aromatic carbocycles. The van der Waals surface area contributed by atoms with E-state index in [0.717, 1.165) is 24.1 Å². The number of benzene rings is 2. The summed E-state index contributed by atoms with van der Waals surface area (Å²) in [5.41, 5.74) is 10.1. The molecule has 5 N–H and O–H groups in total. The van der Waals surface area contributed by atoms with Crippen LogP contribution >= 0.6 is 0 Å². The summed E-state index contributed by atoms with van der Waals surface area (Å²) in [6, 6.07) is 8.22. The highest BCUT2D eigenvalue weighted by atomic mass is 19.4. The number of methoxy groups -OCH3 is 1. The van der Waals surface area contributed by atoms with Gasteiger partial charge in [0.15, 0.2) is 5.82 Å². The minimum absolute atomic E-state index is 0.136. The maximum Gasteiger partial charge on any atom is 0.401 e. The molecule has 10 nitrogen and oxygen atoms in total. The van der Waals surface area contributed by atoms with Crippen LogP contribution in [0.4, 0.5) is 30.5 Å². The smallest absolute Gasteiger partial charge is 0.401 e. The van der Waals surface area contributed by atoms with Gasteiger partial charge in [-0.05, 0) is 55.0 Å². The molecule has 1 atom stereocenters. The van der Waals surface area contributed by atoms with Crippen molar-refractivity contribution in [2.24, 2.45) is 7.05 Å². The number of halogens is 3. The van der Waals surface area contributed by atoms with Gasteiger partial charge in [-0.25, -0.2) is 4.68 Å². The third kappa shape index (κ3) is 5.88. The van der Waals surface area contributed by atoms with Gasteiger partial charge in [0, 0.05) is 54.9 Å². The molecule has 1 aliphatic heterocycles. The second kappa shape index (κ2) is 10.8. The van der Waals surface area contributed by atoms with Gasteiger partial charge in [-0.15, -0.1) is 5.10 Å². The number of nitrogens with one attached hydrogen (secondary N) is 3. The van der Waals surface area contributed by atoms with E-state index >= 15 is 0 Å². The lowest BCUT2D eigenvalue weighted by atomic mass is 10.00. The number of nitrogens with two attached hydrogens (primary N) is 1. The molecule has 3 aromatic rings. The van der Waals surface area contributed by atoms with Gasteiger partial charge in [-0.2, -0.15) is 18.2 Å². The Kier molecular flexibility index (Phi) is 7.41. The molecular weight excluding hydrogens is 525 g/mol. The first-order valence-electron chi connectivity index (χ1n) is 13.0. The number of anilines is 3. The third-order valence-electron chi connectivity index (χ3n) is 7.18. The monoisotopic (exact) mass is 556 g/mol. The predicted octanol–water partition coefficient (Wildman–Crippen LogP) is 4.06. The number of carbonyl (C=O) groups excluding carboxylic acids is 1. The summed E-state index contributed by atoms with van der Waals surface area (Å²) in [5.74, 6) is 1.12. The van der Waals surface area contributed by atoms with E-state index in [1.165, 1.54) is 18.2 Å². The van der Waals surface area contributed by atoms with Crippen LogP contribution in [0, 0.1) is 5.41 Å². The summed E-state index contributed by atoms with van der Waals surface area (Å²) in [6.07, 6.45) is -0.477. The highest BCUT2D eigenvalue weighted by molar-refractivity contribution is 5.97. The van der Waals surface area contributed by atoms with Crippen molar-refractivity contribution in [2.75, 3.05) is 37.8 Å². The van der Waals surface area contributed by atoms with Crippen molar-refractivity contribution >= 4 is 29.4 Å². The largest absolute Gasteiger partial charge is 0.496 e. The third-order valence-corrected chi connectivity index (χ3v) is 7.18. The van der Waals surface area contributed by atoms with E-state index < -0.39 is 18.6 Å². The van der Waals surface area contributed by atoms with E-state index in [0.29, 0.717) is 46.7 Å². The standard InChI is InChI=1S/C27H31F3N8O2/c1-37-26(34-21-8-7-20(32)19(12-31)23(21)15-3-4-15)35-24(36-37)16-5-6-18(22(11-16)40-2)25(39)33-17-9-10-38(13-17)14-27(28,29)30/h5-8,11-12,15,17,31H,3-4,9-10,13-14,32H2,1-2H3,(H,33,39)(H,34,35,36). The topological polar surface area (TPSA) is 134 Å². The molecule has 1 unspecified atom stereocenters. The first kappa shape index (κ1) is 27.4. The Bertz CT molecular complexity index is 1430. The number of amides is 1. The first-order valence-corrected chi connectivity index (χ1v) is 13.0. The number of alkyl halides is 3. The van der Waals surface area contributed by atoms with E-state index in [1.807, 2.05) is 6.07 Å². The Labute approximate surface area is 229 Å². The van der Waals surface area contributed by atoms with Crippen molar-refractivity contribution in [1.82, 2.24) is 25.0 Å². The van der Waals surface area contributed by atoms with Crippen LogP contribution in [0.3, 0.4) is 0 Å². The van der Waals surface area contributed by atoms with Crippen LogP contribution in [0.25, 0.3) is 11.4 Å². The maximum atomic E-state index is 12.9. The summed E-state index contributed by atoms with van der Waals surface area (Å²) in [7, 11) is 3.20. The lowest BCUT2D eigenvalue weighted by molar-refractivity contribution is -0.143. The summed E-state index contributed by atoms with van der Waals surface area (Å²) in [6.45, 7) is -0.587. The second-order valence-corrected chi connectivity index (χ2v) is 10.2. The highest BCUT2D eigenvalue weighted by Gasteiger charge is 2.35. The molecule has 0 spiro atoms. The number of aromatic nitrogens is 3. The molecule has 1 aliphatic carbocycles. The fourth-order valence-electron chi connectivity index (χ4n) is 5.10. The predicted molar refractivity (Wildman–Crippen MR) is 145 cm³/mol. The fourth-order valence-corrected chi connectivity index (χ4v) is 5.10. The summed E-state index contributed by atoms with van der Waals surface area (Å²) >= 11 is 0. The number of carbonyl (C=O) groups is 1. The molecule has 0 radical (unpaired) electrons. The number of likely N-dealkylation sites (tertiary alicyclic amines) is 1. The van der Waals surface area contributed by atoms with Crippen LogP contribution in [-0.4, -0.2) is 70.7 Å². The van der Waals surface area contributed by atoms with Crippen LogP contribution < -0.4 is 21.1 Å². The fraction of sp³-hybridized carbons (Fsp3) is 0.407. The Morgan fingerprint density at radius 3 is 2.70 bits per heavy atom. The summed E-state index contributed by atoms with van der Waals surface area (Å²) in [5, 5.41) is 18.5. The first-order chi connectivity index (χ1) is 19.1. The van der Waals surface area contributed by atoms with Crippen LogP contribution in [-0.2, 0) is 7.05 Å². The van der Waals surface area contributed by atoms with Crippen molar-refractivity contribution in [3.05, 3.63) is 47.0 Å². The van der Waals surface area contributed by atoms with E-state index in [-0.39, 0.29) is 24.7 Å². The lowest BCUT2D eigenvalue weighted by Crippen LogP contribution is -2.39. The van der Waals surface area contributed by atoms with Crippen molar-refractivity contribution in [2.45, 2.75) is 37.4 Å². The zero-order chi connectivity index (χ0) is 28.6. The van der Waals surface area contributed by atoms with E-state index in [1.54, 1.807) is 36.0 Å². The minimum Gasteiger partial charge on any atom is -0.496 e. The average Bonchev–Trinajstić information content (AvgIpc) is 3.56. The van der Waals surface area contributed by atoms with Crippen molar-refractivity contribution in [3.8, 4) is 17.1 Å². The maximum absolute atomic E-state index is 12.9. The van der Waals surface area contributed by atoms with Crippen LogP contribution in [0.15, 0.2) is 30.3 Å². The molecule has 2 heterocycles. The molecule has 13 heteroatoms. The molecule has 2 aliphatic rings. The number of nitrogens with zero attached hydrogens (tertiary/aromatic N) is 4. The number of aryl methyl sites for hydroxylation is 1. The molecule has 1 saturated carbocycles. The Morgan fingerprint density at radius 1 is 1.25 bits per heavy atom. The van der Waals surface area contributed by atoms with Gasteiger partial charge in [0.1, 0.15) is 5.75 Å². The van der Waals surface area contributed by atoms with Gasteiger partial charge in [0.05, 0.1) is 19.2 Å². The van der Waals surface area contributed by atoms with E-state index in [9.17, 15) is 18.0 Å². The van der Waals surface area contributed by atoms with Crippen LogP contribution in [0.5, 0.6) is 5.75 Å². The van der Waals surface area contributed by atoms with Crippen molar-refractivity contribution in [3.63, 3.8) is 0 Å². The van der Waals surface area contributed by atoms with E-state index in [4.69, 9.17) is 15.9 Å². The molecule has 5 rings (SSSR count). The molecule has 0 bridgehead atoms. The number of hydrogen-bond acceptors (Lipinski definition) is 8. The SMILES string of the molecule is COc1cc(-c2nc(Nc3ccc(N)c(C=N)c3C3CC3)n(C)n2)ccc1C(=O)NC1CCN(CC(F)(F)F)C1. The summed E-state index contributed by atoms with van der Waals surface area (Å²) in [4.78, 5) is 18.9. The van der Waals surface area contributed by atoms with Crippen molar-refractivity contribution in [1.29, 1.82) is 5.41 Å². The molecule has 1 aromatic heterocycles. The zero-order valence-corrected chi connectivity index (χ0v) is 22.2. The quantitative estimate of drug-likeness (QED) is 0.231. The van der Waals surface area contributed by atoms with Gasteiger partial charge in [-0.3, -0.25) is 9.69 Å². The lowest BCUT2D eigenvalue weighted by Gasteiger charge is -2.18. The van der Waals surface area contributed by atoms with E-state index in [2.05, 4.69) is 20.7 Å². The van der Waals surface area contributed by atoms with Gasteiger partial charge >= 0.3 is 6.18 Å². The molecule has 2 fully saturated rings. The van der Waals surface area contributed by atoms with Crippen molar-refractivity contribution < 1.29 is 22.7 Å². The number of rotatable bonds is 9. The van der Waals surface area contributed by atoms with Gasteiger partial charge in [0.25, 0.3) is 5.91 Å². The number of nitrogen functional groups attached to an aromatic ring is 1. The van der Waals surface area contributed by atoms with Gasteiger partial charge < -0.3 is 26.5 Å². The summed E-state index contributed by atoms with van der Waals surface area (Å²) < 4.78 is 45.2. The zero-order valence-electron chi connectivity index (χ0n) is 22.2. The molecular formula is C27H31F3N8O2. The molecule has 1 amide bonds. The number of ether oxygens (including phenoxy) is 1. The Hall–Kier alpha value is -4.13. The Balaban J connectivity index is 1.32. The molecule has 1 saturated heterocycles. The second-order valence-electron chi connectivity index (χ2n) is 10.2. The molecule has 40 heavy (non-hydrogen) atoms. The van der Waals surface area contributed by atoms with Crippen LogP contribution in [0.1, 0.15) is 46.7 Å².